The fourth-order valence-electron chi connectivity index (χ4n) is 3.04. The number of nitrogens with two attached hydrogens (primary N) is 1. The van der Waals surface area contributed by atoms with Crippen LogP contribution in [0.3, 0.4) is 0 Å². The van der Waals surface area contributed by atoms with Gasteiger partial charge in [-0.25, -0.2) is 4.98 Å². The van der Waals surface area contributed by atoms with Crippen LogP contribution in [0, 0.1) is 0 Å². The van der Waals surface area contributed by atoms with Gasteiger partial charge < -0.3 is 30.0 Å². The van der Waals surface area contributed by atoms with Gasteiger partial charge in [0.25, 0.3) is 0 Å². The largest absolute Gasteiger partial charge is 0.463 e. The predicted octanol–water partition coefficient (Wildman–Crippen LogP) is 4.90. The number of thioether (sulfide) groups is 1. The number of esters is 3. The maximum absolute atomic E-state index is 12.1. The standard InChI is InChI=1S/C24H28Cl3N3O7S2/c1-12(35-14(3)32)21(11-34-13(2)31)37-24(39-16-7-17(25)22(27)18(26)8-16)20(36-15(4)33)10-29-9-19(28)23-30-5-6-38-23/h5-9,12,20-21,24,29H,10-11,28H2,1-4H3/b19-9-. The van der Waals surface area contributed by atoms with Crippen LogP contribution in [-0.4, -0.2) is 59.8 Å². The molecule has 2 rings (SSSR count). The maximum atomic E-state index is 12.1. The average Bonchev–Trinajstić information content (AvgIpc) is 3.38. The Morgan fingerprint density at radius 1 is 1.08 bits per heavy atom. The van der Waals surface area contributed by atoms with Crippen LogP contribution in [0.25, 0.3) is 5.70 Å². The van der Waals surface area contributed by atoms with Crippen molar-refractivity contribution in [2.75, 3.05) is 13.2 Å². The van der Waals surface area contributed by atoms with Gasteiger partial charge in [0.2, 0.25) is 0 Å². The lowest BCUT2D eigenvalue weighted by atomic mass is 10.2. The van der Waals surface area contributed by atoms with Gasteiger partial charge in [0.05, 0.1) is 27.3 Å². The highest BCUT2D eigenvalue weighted by Crippen LogP contribution is 2.38. The predicted molar refractivity (Wildman–Crippen MR) is 152 cm³/mol. The number of carbonyl (C=O) groups is 3. The molecule has 0 saturated carbocycles. The first-order chi connectivity index (χ1) is 18.4. The van der Waals surface area contributed by atoms with Gasteiger partial charge in [-0.15, -0.1) is 11.3 Å². The van der Waals surface area contributed by atoms with Crippen LogP contribution in [-0.2, 0) is 33.3 Å². The first kappa shape index (κ1) is 33.0. The summed E-state index contributed by atoms with van der Waals surface area (Å²) in [5, 5.41) is 6.01. The molecule has 0 spiro atoms. The molecule has 4 unspecified atom stereocenters. The van der Waals surface area contributed by atoms with Crippen LogP contribution in [0.2, 0.25) is 15.1 Å². The van der Waals surface area contributed by atoms with E-state index in [2.05, 4.69) is 10.3 Å². The Balaban J connectivity index is 2.40. The topological polar surface area (TPSA) is 139 Å². The van der Waals surface area contributed by atoms with Gasteiger partial charge in [0.1, 0.15) is 29.3 Å². The van der Waals surface area contributed by atoms with Gasteiger partial charge >= 0.3 is 17.9 Å². The Hall–Kier alpha value is -2.22. The second kappa shape index (κ2) is 16.1. The Bertz CT molecular complexity index is 1140. The lowest BCUT2D eigenvalue weighted by Crippen LogP contribution is -2.44. The molecule has 0 aliphatic heterocycles. The number of nitrogens with zero attached hydrogens (tertiary/aromatic N) is 1. The molecular formula is C24H28Cl3N3O7S2. The van der Waals surface area contributed by atoms with Crippen molar-refractivity contribution in [1.29, 1.82) is 0 Å². The van der Waals surface area contributed by atoms with E-state index in [4.69, 9.17) is 59.5 Å². The van der Waals surface area contributed by atoms with Crippen LogP contribution in [0.5, 0.6) is 0 Å². The molecular weight excluding hydrogens is 613 g/mol. The van der Waals surface area contributed by atoms with Crippen molar-refractivity contribution in [3.8, 4) is 0 Å². The van der Waals surface area contributed by atoms with Crippen LogP contribution in [0.15, 0.2) is 34.8 Å². The molecule has 15 heteroatoms. The molecule has 214 valence electrons. The summed E-state index contributed by atoms with van der Waals surface area (Å²) < 4.78 is 22.3. The van der Waals surface area contributed by atoms with Gasteiger partial charge in [0.15, 0.2) is 6.10 Å². The Labute approximate surface area is 249 Å². The Morgan fingerprint density at radius 3 is 2.26 bits per heavy atom. The Kier molecular flexibility index (Phi) is 13.7. The Morgan fingerprint density at radius 2 is 1.72 bits per heavy atom. The molecule has 1 heterocycles. The first-order valence-corrected chi connectivity index (χ1v) is 14.3. The number of nitrogens with one attached hydrogen (secondary N) is 1. The zero-order chi connectivity index (χ0) is 29.1. The van der Waals surface area contributed by atoms with E-state index in [1.807, 2.05) is 0 Å². The molecule has 0 radical (unpaired) electrons. The van der Waals surface area contributed by atoms with Gasteiger partial charge in [-0.3, -0.25) is 14.4 Å². The third-order valence-corrected chi connectivity index (χ3v) is 7.90. The van der Waals surface area contributed by atoms with Crippen molar-refractivity contribution in [1.82, 2.24) is 10.3 Å². The number of thiazole rings is 1. The number of benzene rings is 1. The van der Waals surface area contributed by atoms with E-state index in [9.17, 15) is 14.4 Å². The third-order valence-electron chi connectivity index (χ3n) is 4.72. The number of hydrogen-bond donors (Lipinski definition) is 2. The molecule has 0 bridgehead atoms. The van der Waals surface area contributed by atoms with E-state index in [1.54, 1.807) is 30.6 Å². The first-order valence-electron chi connectivity index (χ1n) is 11.4. The molecule has 2 aromatic rings. The molecule has 0 fully saturated rings. The van der Waals surface area contributed by atoms with Crippen molar-refractivity contribution in [3.05, 3.63) is 50.0 Å². The number of halogens is 3. The van der Waals surface area contributed by atoms with Gasteiger partial charge in [-0.1, -0.05) is 46.6 Å². The van der Waals surface area contributed by atoms with E-state index in [1.165, 1.54) is 38.3 Å². The number of hydrogen-bond acceptors (Lipinski definition) is 12. The molecule has 0 aliphatic carbocycles. The van der Waals surface area contributed by atoms with Gasteiger partial charge in [0, 0.05) is 43.4 Å². The highest BCUT2D eigenvalue weighted by Gasteiger charge is 2.33. The highest BCUT2D eigenvalue weighted by atomic mass is 35.5. The smallest absolute Gasteiger partial charge is 0.303 e. The molecule has 3 N–H and O–H groups in total. The number of rotatable bonds is 14. The summed E-state index contributed by atoms with van der Waals surface area (Å²) in [6, 6.07) is 3.15. The summed E-state index contributed by atoms with van der Waals surface area (Å²) in [5.74, 6) is -1.69. The summed E-state index contributed by atoms with van der Waals surface area (Å²) in [6.07, 6.45) is 0.477. The quantitative estimate of drug-likeness (QED) is 0.0958. The summed E-state index contributed by atoms with van der Waals surface area (Å²) in [7, 11) is 0. The molecule has 1 aromatic heterocycles. The zero-order valence-corrected chi connectivity index (χ0v) is 25.3. The average molecular weight is 641 g/mol. The third kappa shape index (κ3) is 11.4. The van der Waals surface area contributed by atoms with E-state index in [-0.39, 0.29) is 28.2 Å². The van der Waals surface area contributed by atoms with Crippen LogP contribution in [0.4, 0.5) is 0 Å². The highest BCUT2D eigenvalue weighted by molar-refractivity contribution is 7.99. The molecule has 10 nitrogen and oxygen atoms in total. The van der Waals surface area contributed by atoms with Crippen LogP contribution < -0.4 is 11.1 Å². The second-order valence-corrected chi connectivity index (χ2v) is 11.2. The number of ether oxygens (including phenoxy) is 4. The SMILES string of the molecule is CC(=O)OCC(OC(Sc1cc(Cl)c(Cl)c(Cl)c1)C(CN/C=C(\N)c1nccs1)OC(C)=O)C(C)OC(C)=O. The van der Waals surface area contributed by atoms with E-state index in [0.29, 0.717) is 15.6 Å². The minimum absolute atomic E-state index is 0.0562. The molecule has 1 aromatic carbocycles. The normalized spacial score (nSPS) is 14.6. The monoisotopic (exact) mass is 639 g/mol. The fraction of sp³-hybridized carbons (Fsp3) is 0.417. The molecule has 0 aliphatic rings. The van der Waals surface area contributed by atoms with Crippen LogP contribution in [0.1, 0.15) is 32.7 Å². The minimum Gasteiger partial charge on any atom is -0.463 e. The molecule has 39 heavy (non-hydrogen) atoms. The van der Waals surface area contributed by atoms with E-state index < -0.39 is 41.7 Å². The minimum atomic E-state index is -0.942. The second-order valence-electron chi connectivity index (χ2n) is 7.97. The zero-order valence-electron chi connectivity index (χ0n) is 21.4. The molecule has 0 amide bonds. The molecule has 4 atom stereocenters. The van der Waals surface area contributed by atoms with Crippen molar-refractivity contribution in [3.63, 3.8) is 0 Å². The number of aromatic nitrogens is 1. The lowest BCUT2D eigenvalue weighted by Gasteiger charge is -2.32. The van der Waals surface area contributed by atoms with Gasteiger partial charge in [-0.05, 0) is 19.1 Å². The van der Waals surface area contributed by atoms with Crippen molar-refractivity contribution in [2.45, 2.75) is 56.3 Å². The lowest BCUT2D eigenvalue weighted by molar-refractivity contribution is -0.169. The van der Waals surface area contributed by atoms with E-state index >= 15 is 0 Å². The summed E-state index contributed by atoms with van der Waals surface area (Å²) >= 11 is 21.0. The summed E-state index contributed by atoms with van der Waals surface area (Å²) in [5.41, 5.74) is 5.51. The van der Waals surface area contributed by atoms with Gasteiger partial charge in [-0.2, -0.15) is 0 Å². The fourth-order valence-corrected chi connectivity index (χ4v) is 5.47. The van der Waals surface area contributed by atoms with Crippen LogP contribution >= 0.6 is 57.9 Å². The maximum Gasteiger partial charge on any atom is 0.303 e. The number of carbonyl (C=O) groups excluding carboxylic acids is 3. The molecule has 0 saturated heterocycles. The van der Waals surface area contributed by atoms with Crippen molar-refractivity contribution in [2.24, 2.45) is 5.73 Å². The summed E-state index contributed by atoms with van der Waals surface area (Å²) in [4.78, 5) is 39.9. The summed E-state index contributed by atoms with van der Waals surface area (Å²) in [6.45, 7) is 5.14. The van der Waals surface area contributed by atoms with E-state index in [0.717, 1.165) is 11.8 Å². The van der Waals surface area contributed by atoms with Crippen molar-refractivity contribution >= 4 is 81.5 Å². The van der Waals surface area contributed by atoms with Crippen molar-refractivity contribution < 1.29 is 33.3 Å².